The summed E-state index contributed by atoms with van der Waals surface area (Å²) < 4.78 is 16.1. The van der Waals surface area contributed by atoms with Crippen LogP contribution in [0.4, 0.5) is 4.79 Å². The fraction of sp³-hybridized carbons (Fsp3) is 0.381. The molecule has 1 heterocycles. The van der Waals surface area contributed by atoms with Crippen LogP contribution in [-0.2, 0) is 11.2 Å². The molecule has 0 bridgehead atoms. The zero-order valence-corrected chi connectivity index (χ0v) is 17.0. The first-order valence-corrected chi connectivity index (χ1v) is 9.12. The SMILES string of the molecule is COc1ccnc(OCC(Cc2ccccc2)NC(=O)OC(C)(C)C)c1C(=O)O. The molecular weight excluding hydrogens is 376 g/mol. The van der Waals surface area contributed by atoms with Crippen molar-refractivity contribution in [2.75, 3.05) is 13.7 Å². The van der Waals surface area contributed by atoms with E-state index in [4.69, 9.17) is 14.2 Å². The Bertz CT molecular complexity index is 833. The van der Waals surface area contributed by atoms with Crippen molar-refractivity contribution in [3.05, 3.63) is 53.7 Å². The van der Waals surface area contributed by atoms with E-state index >= 15 is 0 Å². The van der Waals surface area contributed by atoms with Gasteiger partial charge in [0.05, 0.1) is 13.2 Å². The maximum atomic E-state index is 12.2. The number of ether oxygens (including phenoxy) is 3. The Hall–Kier alpha value is -3.29. The second kappa shape index (κ2) is 9.77. The molecule has 1 aromatic heterocycles. The third-order valence-corrected chi connectivity index (χ3v) is 3.78. The van der Waals surface area contributed by atoms with Crippen molar-refractivity contribution in [2.45, 2.75) is 38.8 Å². The largest absolute Gasteiger partial charge is 0.496 e. The smallest absolute Gasteiger partial charge is 0.408 e. The van der Waals surface area contributed by atoms with Crippen molar-refractivity contribution >= 4 is 12.1 Å². The van der Waals surface area contributed by atoms with Crippen molar-refractivity contribution in [2.24, 2.45) is 0 Å². The lowest BCUT2D eigenvalue weighted by atomic mass is 10.1. The number of amides is 1. The molecule has 156 valence electrons. The van der Waals surface area contributed by atoms with Crippen LogP contribution in [0.25, 0.3) is 0 Å². The second-order valence-electron chi connectivity index (χ2n) is 7.34. The molecule has 8 nitrogen and oxygen atoms in total. The molecule has 2 aromatic rings. The van der Waals surface area contributed by atoms with Crippen LogP contribution in [0.5, 0.6) is 11.6 Å². The molecular formula is C21H26N2O6. The first-order chi connectivity index (χ1) is 13.7. The summed E-state index contributed by atoms with van der Waals surface area (Å²) >= 11 is 0. The van der Waals surface area contributed by atoms with Crippen molar-refractivity contribution in [3.63, 3.8) is 0 Å². The minimum absolute atomic E-state index is 0.00537. The maximum absolute atomic E-state index is 12.2. The fourth-order valence-corrected chi connectivity index (χ4v) is 2.61. The lowest BCUT2D eigenvalue weighted by Gasteiger charge is -2.24. The quantitative estimate of drug-likeness (QED) is 0.697. The van der Waals surface area contributed by atoms with Gasteiger partial charge in [0.15, 0.2) is 5.56 Å². The van der Waals surface area contributed by atoms with Crippen LogP contribution in [0, 0.1) is 0 Å². The Labute approximate surface area is 169 Å². The van der Waals surface area contributed by atoms with Gasteiger partial charge < -0.3 is 24.6 Å². The van der Waals surface area contributed by atoms with Crippen LogP contribution in [0.3, 0.4) is 0 Å². The zero-order chi connectivity index (χ0) is 21.4. The number of benzene rings is 1. The van der Waals surface area contributed by atoms with E-state index in [1.807, 2.05) is 30.3 Å². The number of hydrogen-bond acceptors (Lipinski definition) is 6. The van der Waals surface area contributed by atoms with E-state index in [9.17, 15) is 14.7 Å². The number of carboxylic acid groups (broad SMARTS) is 1. The Morgan fingerprint density at radius 3 is 2.45 bits per heavy atom. The number of carboxylic acids is 1. The third kappa shape index (κ3) is 6.99. The monoisotopic (exact) mass is 402 g/mol. The molecule has 8 heteroatoms. The minimum Gasteiger partial charge on any atom is -0.496 e. The predicted molar refractivity (Wildman–Crippen MR) is 107 cm³/mol. The molecule has 0 aliphatic heterocycles. The highest BCUT2D eigenvalue weighted by Crippen LogP contribution is 2.26. The van der Waals surface area contributed by atoms with Gasteiger partial charge in [-0.3, -0.25) is 0 Å². The van der Waals surface area contributed by atoms with Gasteiger partial charge in [0.25, 0.3) is 0 Å². The van der Waals surface area contributed by atoms with Gasteiger partial charge in [-0.25, -0.2) is 14.6 Å². The summed E-state index contributed by atoms with van der Waals surface area (Å²) in [5.41, 5.74) is 0.160. The number of rotatable bonds is 8. The van der Waals surface area contributed by atoms with Gasteiger partial charge in [0, 0.05) is 6.20 Å². The molecule has 0 aliphatic carbocycles. The van der Waals surface area contributed by atoms with E-state index in [1.54, 1.807) is 20.8 Å². The third-order valence-electron chi connectivity index (χ3n) is 3.78. The minimum atomic E-state index is -1.22. The van der Waals surface area contributed by atoms with Crippen LogP contribution < -0.4 is 14.8 Å². The van der Waals surface area contributed by atoms with Gasteiger partial charge in [0.1, 0.15) is 18.0 Å². The van der Waals surface area contributed by atoms with Crippen LogP contribution >= 0.6 is 0 Å². The highest BCUT2D eigenvalue weighted by atomic mass is 16.6. The molecule has 0 spiro atoms. The van der Waals surface area contributed by atoms with Gasteiger partial charge in [-0.05, 0) is 38.8 Å². The van der Waals surface area contributed by atoms with Crippen molar-refractivity contribution < 1.29 is 28.9 Å². The highest BCUT2D eigenvalue weighted by molar-refractivity contribution is 5.93. The summed E-state index contributed by atoms with van der Waals surface area (Å²) in [5, 5.41) is 12.2. The van der Waals surface area contributed by atoms with Crippen molar-refractivity contribution in [1.82, 2.24) is 10.3 Å². The number of hydrogen-bond donors (Lipinski definition) is 2. The molecule has 0 saturated heterocycles. The van der Waals surface area contributed by atoms with Gasteiger partial charge in [-0.1, -0.05) is 30.3 Å². The lowest BCUT2D eigenvalue weighted by molar-refractivity contribution is 0.0484. The van der Waals surface area contributed by atoms with Crippen molar-refractivity contribution in [1.29, 1.82) is 0 Å². The van der Waals surface area contributed by atoms with E-state index in [-0.39, 0.29) is 23.8 Å². The molecule has 0 fully saturated rings. The van der Waals surface area contributed by atoms with E-state index < -0.39 is 23.7 Å². The van der Waals surface area contributed by atoms with Crippen molar-refractivity contribution in [3.8, 4) is 11.6 Å². The van der Waals surface area contributed by atoms with Gasteiger partial charge in [0.2, 0.25) is 5.88 Å². The number of carbonyl (C=O) groups excluding carboxylic acids is 1. The van der Waals surface area contributed by atoms with Crippen LogP contribution in [-0.4, -0.2) is 47.5 Å². The number of aromatic carboxylic acids is 1. The van der Waals surface area contributed by atoms with E-state index in [1.165, 1.54) is 19.4 Å². The lowest BCUT2D eigenvalue weighted by Crippen LogP contribution is -2.43. The van der Waals surface area contributed by atoms with Gasteiger partial charge in [-0.2, -0.15) is 0 Å². The topological polar surface area (TPSA) is 107 Å². The number of aromatic nitrogens is 1. The normalized spacial score (nSPS) is 12.0. The summed E-state index contributed by atoms with van der Waals surface area (Å²) in [6.45, 7) is 5.31. The molecule has 1 atom stereocenters. The molecule has 0 radical (unpaired) electrons. The summed E-state index contributed by atoms with van der Waals surface area (Å²) in [5.74, 6) is -1.16. The van der Waals surface area contributed by atoms with Crippen LogP contribution in [0.2, 0.25) is 0 Å². The number of nitrogens with one attached hydrogen (secondary N) is 1. The van der Waals surface area contributed by atoms with Crippen LogP contribution in [0.1, 0.15) is 36.7 Å². The van der Waals surface area contributed by atoms with E-state index in [0.717, 1.165) is 5.56 Å². The van der Waals surface area contributed by atoms with Gasteiger partial charge in [-0.15, -0.1) is 0 Å². The average Bonchev–Trinajstić information content (AvgIpc) is 2.64. The number of methoxy groups -OCH3 is 1. The molecule has 2 N–H and O–H groups in total. The van der Waals surface area contributed by atoms with E-state index in [2.05, 4.69) is 10.3 Å². The maximum Gasteiger partial charge on any atom is 0.408 e. The number of pyridine rings is 1. The standard InChI is InChI=1S/C21H26N2O6/c1-21(2,3)29-20(26)23-15(12-14-8-6-5-7-9-14)13-28-18-17(19(24)25)16(27-4)10-11-22-18/h5-11,15H,12-13H2,1-4H3,(H,23,26)(H,24,25). The number of nitrogens with zero attached hydrogens (tertiary/aromatic N) is 1. The molecule has 1 aromatic carbocycles. The first-order valence-electron chi connectivity index (χ1n) is 9.12. The molecule has 29 heavy (non-hydrogen) atoms. The molecule has 0 saturated carbocycles. The van der Waals surface area contributed by atoms with Gasteiger partial charge >= 0.3 is 12.1 Å². The summed E-state index contributed by atoms with van der Waals surface area (Å²) in [6.07, 6.45) is 1.28. The molecule has 1 unspecified atom stereocenters. The Balaban J connectivity index is 2.17. The summed E-state index contributed by atoms with van der Waals surface area (Å²) in [7, 11) is 1.37. The predicted octanol–water partition coefficient (Wildman–Crippen LogP) is 3.30. The summed E-state index contributed by atoms with van der Waals surface area (Å²) in [4.78, 5) is 27.8. The number of alkyl carbamates (subject to hydrolysis) is 1. The Morgan fingerprint density at radius 2 is 1.86 bits per heavy atom. The first kappa shape index (κ1) is 22.0. The zero-order valence-electron chi connectivity index (χ0n) is 17.0. The average molecular weight is 402 g/mol. The second-order valence-corrected chi connectivity index (χ2v) is 7.34. The molecule has 0 aliphatic rings. The summed E-state index contributed by atoms with van der Waals surface area (Å²) in [6, 6.07) is 10.5. The van der Waals surface area contributed by atoms with Crippen LogP contribution in [0.15, 0.2) is 42.6 Å². The van der Waals surface area contributed by atoms with E-state index in [0.29, 0.717) is 6.42 Å². The molecule has 2 rings (SSSR count). The Morgan fingerprint density at radius 1 is 1.17 bits per heavy atom. The number of carbonyl (C=O) groups is 2. The highest BCUT2D eigenvalue weighted by Gasteiger charge is 2.23. The fourth-order valence-electron chi connectivity index (χ4n) is 2.61. The Kier molecular flexibility index (Phi) is 7.41. The molecule has 1 amide bonds.